The number of carbonyl (C=O) groups is 1. The highest BCUT2D eigenvalue weighted by atomic mass is 32.2. The van der Waals surface area contributed by atoms with E-state index in [0.717, 1.165) is 9.79 Å². The van der Waals surface area contributed by atoms with Crippen molar-refractivity contribution in [3.8, 4) is 6.07 Å². The van der Waals surface area contributed by atoms with E-state index in [9.17, 15) is 10.1 Å². The Morgan fingerprint density at radius 2 is 1.63 bits per heavy atom. The molecule has 2 saturated heterocycles. The quantitative estimate of drug-likeness (QED) is 0.813. The molecule has 138 valence electrons. The van der Waals surface area contributed by atoms with Crippen molar-refractivity contribution in [2.75, 3.05) is 26.3 Å². The van der Waals surface area contributed by atoms with Crippen LogP contribution in [0.5, 0.6) is 0 Å². The predicted octanol–water partition coefficient (Wildman–Crippen LogP) is 3.69. The SMILES string of the molecule is N#Cc1ccccc1Sc1ccccc1C(=O)N1CCC2(CC1)OCCO2. The first-order chi connectivity index (χ1) is 13.2. The minimum absolute atomic E-state index is 0.0142. The summed E-state index contributed by atoms with van der Waals surface area (Å²) in [6, 6.07) is 17.2. The van der Waals surface area contributed by atoms with Gasteiger partial charge in [0.25, 0.3) is 5.91 Å². The Bertz CT molecular complexity index is 877. The van der Waals surface area contributed by atoms with Crippen molar-refractivity contribution >= 4 is 17.7 Å². The van der Waals surface area contributed by atoms with E-state index in [-0.39, 0.29) is 5.91 Å². The maximum absolute atomic E-state index is 13.1. The molecule has 0 atom stereocenters. The zero-order chi connectivity index (χ0) is 18.7. The zero-order valence-corrected chi connectivity index (χ0v) is 15.7. The number of nitriles is 1. The van der Waals surface area contributed by atoms with E-state index < -0.39 is 5.79 Å². The maximum Gasteiger partial charge on any atom is 0.255 e. The normalized spacial score (nSPS) is 18.4. The molecule has 2 aliphatic heterocycles. The number of piperidine rings is 1. The summed E-state index contributed by atoms with van der Waals surface area (Å²) >= 11 is 1.46. The summed E-state index contributed by atoms with van der Waals surface area (Å²) < 4.78 is 11.5. The van der Waals surface area contributed by atoms with Gasteiger partial charge >= 0.3 is 0 Å². The van der Waals surface area contributed by atoms with Crippen LogP contribution in [0.4, 0.5) is 0 Å². The molecule has 2 fully saturated rings. The fourth-order valence-electron chi connectivity index (χ4n) is 3.51. The molecule has 0 unspecified atom stereocenters. The van der Waals surface area contributed by atoms with Gasteiger partial charge in [-0.25, -0.2) is 0 Å². The van der Waals surface area contributed by atoms with Gasteiger partial charge in [0.1, 0.15) is 6.07 Å². The molecule has 2 aromatic rings. The van der Waals surface area contributed by atoms with Gasteiger partial charge in [-0.3, -0.25) is 4.79 Å². The van der Waals surface area contributed by atoms with Gasteiger partial charge in [0.2, 0.25) is 0 Å². The standard InChI is InChI=1S/C21H20N2O3S/c22-15-16-5-1-3-7-18(16)27-19-8-4-2-6-17(19)20(24)23-11-9-21(10-12-23)25-13-14-26-21/h1-8H,9-14H2. The van der Waals surface area contributed by atoms with Gasteiger partial charge in [-0.05, 0) is 24.3 Å². The van der Waals surface area contributed by atoms with Crippen molar-refractivity contribution in [1.29, 1.82) is 5.26 Å². The summed E-state index contributed by atoms with van der Waals surface area (Å²) in [5.74, 6) is -0.475. The highest BCUT2D eigenvalue weighted by molar-refractivity contribution is 7.99. The molecule has 27 heavy (non-hydrogen) atoms. The van der Waals surface area contributed by atoms with E-state index in [1.54, 1.807) is 6.07 Å². The smallest absolute Gasteiger partial charge is 0.255 e. The van der Waals surface area contributed by atoms with Gasteiger partial charge in [-0.2, -0.15) is 5.26 Å². The van der Waals surface area contributed by atoms with Crippen molar-refractivity contribution in [2.24, 2.45) is 0 Å². The van der Waals surface area contributed by atoms with Crippen LogP contribution in [0.25, 0.3) is 0 Å². The second-order valence-electron chi connectivity index (χ2n) is 6.61. The number of nitrogens with zero attached hydrogens (tertiary/aromatic N) is 2. The molecule has 2 heterocycles. The summed E-state index contributed by atoms with van der Waals surface area (Å²) in [6.45, 7) is 2.50. The molecule has 2 aliphatic rings. The molecule has 6 heteroatoms. The number of ether oxygens (including phenoxy) is 2. The Morgan fingerprint density at radius 1 is 1.00 bits per heavy atom. The van der Waals surface area contributed by atoms with Gasteiger partial charge in [0, 0.05) is 35.7 Å². The Balaban J connectivity index is 1.52. The molecule has 0 aliphatic carbocycles. The van der Waals surface area contributed by atoms with Crippen molar-refractivity contribution in [2.45, 2.75) is 28.4 Å². The second-order valence-corrected chi connectivity index (χ2v) is 7.69. The Morgan fingerprint density at radius 3 is 2.33 bits per heavy atom. The Kier molecular flexibility index (Phi) is 5.17. The molecule has 2 aromatic carbocycles. The average Bonchev–Trinajstić information content (AvgIpc) is 3.17. The molecule has 4 rings (SSSR count). The van der Waals surface area contributed by atoms with Crippen LogP contribution in [0.2, 0.25) is 0 Å². The van der Waals surface area contributed by atoms with E-state index in [2.05, 4.69) is 6.07 Å². The average molecular weight is 380 g/mol. The van der Waals surface area contributed by atoms with Gasteiger partial charge < -0.3 is 14.4 Å². The lowest BCUT2D eigenvalue weighted by molar-refractivity contribution is -0.181. The fraction of sp³-hybridized carbons (Fsp3) is 0.333. The molecule has 5 nitrogen and oxygen atoms in total. The Hall–Kier alpha value is -2.33. The van der Waals surface area contributed by atoms with Crippen LogP contribution in [0.15, 0.2) is 58.3 Å². The van der Waals surface area contributed by atoms with Crippen LogP contribution in [-0.2, 0) is 9.47 Å². The number of likely N-dealkylation sites (tertiary alicyclic amines) is 1. The Labute approximate surface area is 162 Å². The summed E-state index contributed by atoms with van der Waals surface area (Å²) in [7, 11) is 0. The van der Waals surface area contributed by atoms with Gasteiger partial charge in [-0.1, -0.05) is 36.0 Å². The lowest BCUT2D eigenvalue weighted by Crippen LogP contribution is -2.47. The van der Waals surface area contributed by atoms with Gasteiger partial charge in [0.05, 0.1) is 24.3 Å². The molecular weight excluding hydrogens is 360 g/mol. The summed E-state index contributed by atoms with van der Waals surface area (Å²) in [4.78, 5) is 16.7. The fourth-order valence-corrected chi connectivity index (χ4v) is 4.52. The number of benzene rings is 2. The number of rotatable bonds is 3. The van der Waals surface area contributed by atoms with E-state index in [4.69, 9.17) is 9.47 Å². The van der Waals surface area contributed by atoms with E-state index in [1.165, 1.54) is 11.8 Å². The van der Waals surface area contributed by atoms with Gasteiger partial charge in [-0.15, -0.1) is 0 Å². The third-order valence-electron chi connectivity index (χ3n) is 4.97. The summed E-state index contributed by atoms with van der Waals surface area (Å²) in [6.07, 6.45) is 1.40. The summed E-state index contributed by atoms with van der Waals surface area (Å²) in [5.41, 5.74) is 1.28. The predicted molar refractivity (Wildman–Crippen MR) is 101 cm³/mol. The van der Waals surface area contributed by atoms with E-state index in [0.29, 0.717) is 50.3 Å². The monoisotopic (exact) mass is 380 g/mol. The van der Waals surface area contributed by atoms with Crippen LogP contribution in [0.1, 0.15) is 28.8 Å². The maximum atomic E-state index is 13.1. The van der Waals surface area contributed by atoms with Crippen molar-refractivity contribution < 1.29 is 14.3 Å². The number of amides is 1. The lowest BCUT2D eigenvalue weighted by atomic mass is 10.0. The minimum Gasteiger partial charge on any atom is -0.347 e. The molecular formula is C21H20N2O3S. The van der Waals surface area contributed by atoms with E-state index >= 15 is 0 Å². The van der Waals surface area contributed by atoms with Gasteiger partial charge in [0.15, 0.2) is 5.79 Å². The van der Waals surface area contributed by atoms with Crippen LogP contribution < -0.4 is 0 Å². The molecule has 0 aromatic heterocycles. The molecule has 1 spiro atoms. The largest absolute Gasteiger partial charge is 0.347 e. The molecule has 0 radical (unpaired) electrons. The third kappa shape index (κ3) is 3.72. The number of hydrogen-bond acceptors (Lipinski definition) is 5. The molecule has 1 amide bonds. The number of hydrogen-bond donors (Lipinski definition) is 0. The second kappa shape index (κ2) is 7.73. The van der Waals surface area contributed by atoms with Crippen LogP contribution in [0.3, 0.4) is 0 Å². The zero-order valence-electron chi connectivity index (χ0n) is 14.9. The van der Waals surface area contributed by atoms with Crippen molar-refractivity contribution in [3.05, 3.63) is 59.7 Å². The van der Waals surface area contributed by atoms with Crippen LogP contribution >= 0.6 is 11.8 Å². The highest BCUT2D eigenvalue weighted by Crippen LogP contribution is 2.35. The molecule has 0 bridgehead atoms. The lowest BCUT2D eigenvalue weighted by Gasteiger charge is -2.37. The third-order valence-corrected chi connectivity index (χ3v) is 6.12. The van der Waals surface area contributed by atoms with Crippen LogP contribution in [-0.4, -0.2) is 42.9 Å². The minimum atomic E-state index is -0.489. The highest BCUT2D eigenvalue weighted by Gasteiger charge is 2.41. The molecule has 0 N–H and O–H groups in total. The number of carbonyl (C=O) groups excluding carboxylic acids is 1. The van der Waals surface area contributed by atoms with E-state index in [1.807, 2.05) is 47.4 Å². The topological polar surface area (TPSA) is 62.6 Å². The van der Waals surface area contributed by atoms with Crippen molar-refractivity contribution in [3.63, 3.8) is 0 Å². The first-order valence-electron chi connectivity index (χ1n) is 9.04. The summed E-state index contributed by atoms with van der Waals surface area (Å²) in [5, 5.41) is 9.32. The first-order valence-corrected chi connectivity index (χ1v) is 9.86. The molecule has 0 saturated carbocycles. The first kappa shape index (κ1) is 18.1. The van der Waals surface area contributed by atoms with Crippen LogP contribution in [0, 0.1) is 11.3 Å². The van der Waals surface area contributed by atoms with Crippen molar-refractivity contribution in [1.82, 2.24) is 4.90 Å².